The highest BCUT2D eigenvalue weighted by Crippen LogP contribution is 2.30. The van der Waals surface area contributed by atoms with Gasteiger partial charge in [0.25, 0.3) is 0 Å². The number of para-hydroxylation sites is 1. The fraction of sp³-hybridized carbons (Fsp3) is 0.238. The first-order chi connectivity index (χ1) is 12.7. The Morgan fingerprint density at radius 1 is 1.08 bits per heavy atom. The molecule has 0 radical (unpaired) electrons. The molecule has 5 nitrogen and oxygen atoms in total. The molecule has 5 heteroatoms. The molecule has 4 rings (SSSR count). The Morgan fingerprint density at radius 3 is 2.77 bits per heavy atom. The van der Waals surface area contributed by atoms with Crippen LogP contribution in [0.1, 0.15) is 19.8 Å². The molecule has 132 valence electrons. The third-order valence-corrected chi connectivity index (χ3v) is 4.62. The number of phenolic OH excluding ortho intramolecular Hbond substituents is 1. The number of unbranched alkanes of at least 4 members (excludes halogenated alkanes) is 1. The van der Waals surface area contributed by atoms with Crippen molar-refractivity contribution < 1.29 is 9.84 Å². The largest absolute Gasteiger partial charge is 0.506 e. The quantitative estimate of drug-likeness (QED) is 0.565. The summed E-state index contributed by atoms with van der Waals surface area (Å²) in [6.07, 6.45) is 2.14. The van der Waals surface area contributed by atoms with Gasteiger partial charge in [-0.3, -0.25) is 0 Å². The molecule has 0 saturated carbocycles. The number of pyridine rings is 1. The van der Waals surface area contributed by atoms with Crippen LogP contribution >= 0.6 is 0 Å². The fourth-order valence-corrected chi connectivity index (χ4v) is 3.22. The summed E-state index contributed by atoms with van der Waals surface area (Å²) in [6.45, 7) is 3.03. The molecule has 0 saturated heterocycles. The lowest BCUT2D eigenvalue weighted by molar-refractivity contribution is 0.415. The first-order valence-corrected chi connectivity index (χ1v) is 8.84. The number of hydrogen-bond acceptors (Lipinski definition) is 4. The summed E-state index contributed by atoms with van der Waals surface area (Å²) in [7, 11) is 1.67. The number of methoxy groups -OCH3 is 1. The molecule has 2 aromatic heterocycles. The van der Waals surface area contributed by atoms with Gasteiger partial charge in [0.1, 0.15) is 22.7 Å². The van der Waals surface area contributed by atoms with Gasteiger partial charge in [0.2, 0.25) is 0 Å². The van der Waals surface area contributed by atoms with Gasteiger partial charge in [0.15, 0.2) is 5.82 Å². The number of fused-ring (bicyclic) bond motifs is 2. The first kappa shape index (κ1) is 16.4. The Kier molecular flexibility index (Phi) is 4.21. The molecule has 0 aliphatic carbocycles. The second-order valence-corrected chi connectivity index (χ2v) is 6.34. The molecule has 0 unspecified atom stereocenters. The van der Waals surface area contributed by atoms with E-state index >= 15 is 0 Å². The van der Waals surface area contributed by atoms with E-state index in [1.54, 1.807) is 13.2 Å². The van der Waals surface area contributed by atoms with Gasteiger partial charge in [0, 0.05) is 18.0 Å². The lowest BCUT2D eigenvalue weighted by Gasteiger charge is -2.10. The lowest BCUT2D eigenvalue weighted by Crippen LogP contribution is -2.02. The van der Waals surface area contributed by atoms with E-state index in [1.807, 2.05) is 42.5 Å². The molecular formula is C21H21N3O2. The number of phenols is 1. The molecule has 26 heavy (non-hydrogen) atoms. The highest BCUT2D eigenvalue weighted by molar-refractivity contribution is 5.87. The third-order valence-electron chi connectivity index (χ3n) is 4.62. The minimum absolute atomic E-state index is 0.183. The Balaban J connectivity index is 1.93. The van der Waals surface area contributed by atoms with Gasteiger partial charge >= 0.3 is 0 Å². The normalized spacial score (nSPS) is 11.3. The Bertz CT molecular complexity index is 1090. The number of aryl methyl sites for hydroxylation is 1. The predicted octanol–water partition coefficient (Wildman–Crippen LogP) is 4.77. The molecule has 0 amide bonds. The Labute approximate surface area is 151 Å². The maximum absolute atomic E-state index is 10.2. The number of aromatic hydroxyl groups is 1. The second kappa shape index (κ2) is 6.67. The molecule has 0 aliphatic rings. The van der Waals surface area contributed by atoms with Gasteiger partial charge in [-0.1, -0.05) is 31.5 Å². The fourth-order valence-electron chi connectivity index (χ4n) is 3.22. The molecule has 0 spiro atoms. The predicted molar refractivity (Wildman–Crippen MR) is 104 cm³/mol. The van der Waals surface area contributed by atoms with Crippen LogP contribution in [0.15, 0.2) is 48.5 Å². The van der Waals surface area contributed by atoms with Crippen molar-refractivity contribution in [2.75, 3.05) is 7.11 Å². The number of nitrogens with zero attached hydrogens (tertiary/aromatic N) is 3. The summed E-state index contributed by atoms with van der Waals surface area (Å²) in [5.41, 5.74) is 3.30. The number of ether oxygens (including phenoxy) is 1. The van der Waals surface area contributed by atoms with Crippen molar-refractivity contribution in [1.29, 1.82) is 0 Å². The SMILES string of the molecule is CCCCn1c(-c2ccc3cccc(O)c3n2)nc2ccc(OC)cc21. The standard InChI is InChI=1S/C21H21N3O2/c1-3-4-12-24-18-13-15(26-2)9-11-16(18)23-21(24)17-10-8-14-6-5-7-19(25)20(14)22-17/h5-11,13,25H,3-4,12H2,1-2H3. The zero-order valence-electron chi connectivity index (χ0n) is 14.9. The van der Waals surface area contributed by atoms with Gasteiger partial charge < -0.3 is 14.4 Å². The number of aromatic nitrogens is 3. The lowest BCUT2D eigenvalue weighted by atomic mass is 10.2. The van der Waals surface area contributed by atoms with Crippen LogP contribution in [-0.4, -0.2) is 26.8 Å². The molecule has 4 aromatic rings. The maximum Gasteiger partial charge on any atom is 0.159 e. The molecule has 2 heterocycles. The van der Waals surface area contributed by atoms with Crippen LogP contribution in [0.2, 0.25) is 0 Å². The van der Waals surface area contributed by atoms with Gasteiger partial charge in [0.05, 0.1) is 18.1 Å². The van der Waals surface area contributed by atoms with E-state index in [0.29, 0.717) is 5.52 Å². The summed E-state index contributed by atoms with van der Waals surface area (Å²) in [6, 6.07) is 15.3. The van der Waals surface area contributed by atoms with Gasteiger partial charge in [-0.2, -0.15) is 0 Å². The number of rotatable bonds is 5. The number of imidazole rings is 1. The smallest absolute Gasteiger partial charge is 0.159 e. The van der Waals surface area contributed by atoms with Crippen molar-refractivity contribution in [3.05, 3.63) is 48.5 Å². The van der Waals surface area contributed by atoms with Crippen LogP contribution in [0.3, 0.4) is 0 Å². The van der Waals surface area contributed by atoms with Gasteiger partial charge in [-0.25, -0.2) is 9.97 Å². The summed E-state index contributed by atoms with van der Waals surface area (Å²) in [4.78, 5) is 9.50. The molecule has 0 fully saturated rings. The minimum Gasteiger partial charge on any atom is -0.506 e. The first-order valence-electron chi connectivity index (χ1n) is 8.84. The van der Waals surface area contributed by atoms with E-state index in [9.17, 15) is 5.11 Å². The van der Waals surface area contributed by atoms with Gasteiger partial charge in [-0.15, -0.1) is 0 Å². The molecular weight excluding hydrogens is 326 g/mol. The van der Waals surface area contributed by atoms with E-state index in [0.717, 1.165) is 53.1 Å². The van der Waals surface area contributed by atoms with Crippen LogP contribution < -0.4 is 4.74 Å². The zero-order valence-corrected chi connectivity index (χ0v) is 14.9. The van der Waals surface area contributed by atoms with E-state index in [-0.39, 0.29) is 5.75 Å². The average molecular weight is 347 g/mol. The van der Waals surface area contributed by atoms with Gasteiger partial charge in [-0.05, 0) is 30.7 Å². The van der Waals surface area contributed by atoms with Crippen LogP contribution in [-0.2, 0) is 6.54 Å². The second-order valence-electron chi connectivity index (χ2n) is 6.34. The molecule has 0 aliphatic heterocycles. The van der Waals surface area contributed by atoms with Crippen molar-refractivity contribution in [2.45, 2.75) is 26.3 Å². The molecule has 1 N–H and O–H groups in total. The van der Waals surface area contributed by atoms with Crippen molar-refractivity contribution in [1.82, 2.24) is 14.5 Å². The summed E-state index contributed by atoms with van der Waals surface area (Å²) in [5.74, 6) is 1.81. The highest BCUT2D eigenvalue weighted by Gasteiger charge is 2.15. The van der Waals surface area contributed by atoms with Crippen LogP contribution in [0, 0.1) is 0 Å². The molecule has 2 aromatic carbocycles. The molecule has 0 atom stereocenters. The van der Waals surface area contributed by atoms with Crippen molar-refractivity contribution >= 4 is 21.9 Å². The van der Waals surface area contributed by atoms with Crippen molar-refractivity contribution in [2.24, 2.45) is 0 Å². The van der Waals surface area contributed by atoms with Crippen molar-refractivity contribution in [3.63, 3.8) is 0 Å². The van der Waals surface area contributed by atoms with Crippen molar-refractivity contribution in [3.8, 4) is 23.0 Å². The number of hydrogen-bond donors (Lipinski definition) is 1. The third kappa shape index (κ3) is 2.75. The van der Waals surface area contributed by atoms with E-state index in [2.05, 4.69) is 16.5 Å². The average Bonchev–Trinajstić information content (AvgIpc) is 3.04. The highest BCUT2D eigenvalue weighted by atomic mass is 16.5. The monoisotopic (exact) mass is 347 g/mol. The summed E-state index contributed by atoms with van der Waals surface area (Å²) < 4.78 is 7.57. The van der Waals surface area contributed by atoms with E-state index < -0.39 is 0 Å². The van der Waals surface area contributed by atoms with E-state index in [1.165, 1.54) is 0 Å². The maximum atomic E-state index is 10.2. The van der Waals surface area contributed by atoms with E-state index in [4.69, 9.17) is 9.72 Å². The van der Waals surface area contributed by atoms with Crippen LogP contribution in [0.25, 0.3) is 33.5 Å². The Hall–Kier alpha value is -3.08. The zero-order chi connectivity index (χ0) is 18.1. The minimum atomic E-state index is 0.183. The van der Waals surface area contributed by atoms with Crippen LogP contribution in [0.4, 0.5) is 0 Å². The Morgan fingerprint density at radius 2 is 1.96 bits per heavy atom. The summed E-state index contributed by atoms with van der Waals surface area (Å²) >= 11 is 0. The molecule has 0 bridgehead atoms. The number of benzene rings is 2. The summed E-state index contributed by atoms with van der Waals surface area (Å²) in [5, 5.41) is 11.1. The topological polar surface area (TPSA) is 60.2 Å². The van der Waals surface area contributed by atoms with Crippen LogP contribution in [0.5, 0.6) is 11.5 Å².